The minimum atomic E-state index is -3.17. The summed E-state index contributed by atoms with van der Waals surface area (Å²) in [7, 11) is -3.17. The van der Waals surface area contributed by atoms with Gasteiger partial charge in [0.05, 0.1) is 18.1 Å². The standard InChI is InChI=1S/C10H16O4S/c1-4-15(12,13)6-9(11)10-7(2)5-14-8(10)3/h5,9,11H,4,6H2,1-3H3. The third kappa shape index (κ3) is 2.82. The van der Waals surface area contributed by atoms with E-state index in [0.717, 1.165) is 5.56 Å². The molecular weight excluding hydrogens is 216 g/mol. The SMILES string of the molecule is CCS(=O)(=O)CC(O)c1c(C)coc1C. The van der Waals surface area contributed by atoms with E-state index in [1.807, 2.05) is 0 Å². The van der Waals surface area contributed by atoms with Gasteiger partial charge >= 0.3 is 0 Å². The van der Waals surface area contributed by atoms with Gasteiger partial charge in [0.15, 0.2) is 9.84 Å². The van der Waals surface area contributed by atoms with Gasteiger partial charge in [-0.3, -0.25) is 0 Å². The fourth-order valence-corrected chi connectivity index (χ4v) is 2.40. The number of furan rings is 1. The molecule has 0 radical (unpaired) electrons. The monoisotopic (exact) mass is 232 g/mol. The van der Waals surface area contributed by atoms with Crippen molar-refractivity contribution in [1.82, 2.24) is 0 Å². The van der Waals surface area contributed by atoms with Gasteiger partial charge in [0.1, 0.15) is 5.76 Å². The Hall–Kier alpha value is -0.810. The lowest BCUT2D eigenvalue weighted by atomic mass is 10.1. The second-order valence-corrected chi connectivity index (χ2v) is 6.00. The summed E-state index contributed by atoms with van der Waals surface area (Å²) in [6.07, 6.45) is 0.528. The van der Waals surface area contributed by atoms with Crippen LogP contribution in [-0.4, -0.2) is 25.0 Å². The maximum absolute atomic E-state index is 11.3. The summed E-state index contributed by atoms with van der Waals surface area (Å²) in [5, 5.41) is 9.80. The summed E-state index contributed by atoms with van der Waals surface area (Å²) in [4.78, 5) is 0. The van der Waals surface area contributed by atoms with Gasteiger partial charge < -0.3 is 9.52 Å². The molecule has 1 atom stereocenters. The van der Waals surface area contributed by atoms with Crippen LogP contribution in [0.4, 0.5) is 0 Å². The van der Waals surface area contributed by atoms with Crippen molar-refractivity contribution in [1.29, 1.82) is 0 Å². The first-order chi connectivity index (χ1) is 6.87. The quantitative estimate of drug-likeness (QED) is 0.851. The van der Waals surface area contributed by atoms with Crippen LogP contribution >= 0.6 is 0 Å². The van der Waals surface area contributed by atoms with Crippen molar-refractivity contribution in [2.45, 2.75) is 26.9 Å². The van der Waals surface area contributed by atoms with Crippen molar-refractivity contribution in [3.63, 3.8) is 0 Å². The van der Waals surface area contributed by atoms with Gasteiger partial charge in [-0.2, -0.15) is 0 Å². The third-order valence-electron chi connectivity index (χ3n) is 2.40. The zero-order chi connectivity index (χ0) is 11.6. The second-order valence-electron chi connectivity index (χ2n) is 3.60. The van der Waals surface area contributed by atoms with Crippen molar-refractivity contribution in [3.8, 4) is 0 Å². The molecule has 1 N–H and O–H groups in total. The zero-order valence-corrected chi connectivity index (χ0v) is 9.97. The smallest absolute Gasteiger partial charge is 0.152 e. The van der Waals surface area contributed by atoms with Crippen molar-refractivity contribution in [2.24, 2.45) is 0 Å². The minimum absolute atomic E-state index is 0.0417. The van der Waals surface area contributed by atoms with Gasteiger partial charge in [-0.1, -0.05) is 6.92 Å². The molecule has 0 bridgehead atoms. The van der Waals surface area contributed by atoms with Crippen LogP contribution in [0.2, 0.25) is 0 Å². The molecule has 86 valence electrons. The summed E-state index contributed by atoms with van der Waals surface area (Å²) < 4.78 is 27.8. The van der Waals surface area contributed by atoms with Gasteiger partial charge in [-0.05, 0) is 19.4 Å². The lowest BCUT2D eigenvalue weighted by Crippen LogP contribution is -2.16. The fourth-order valence-electron chi connectivity index (χ4n) is 1.52. The Morgan fingerprint density at radius 3 is 2.47 bits per heavy atom. The van der Waals surface area contributed by atoms with Gasteiger partial charge in [-0.25, -0.2) is 8.42 Å². The Morgan fingerprint density at radius 2 is 2.07 bits per heavy atom. The molecule has 0 aromatic carbocycles. The molecular formula is C10H16O4S. The van der Waals surface area contributed by atoms with E-state index in [9.17, 15) is 13.5 Å². The predicted octanol–water partition coefficient (Wildman–Crippen LogP) is 1.36. The van der Waals surface area contributed by atoms with Crippen LogP contribution in [0.15, 0.2) is 10.7 Å². The number of aryl methyl sites for hydroxylation is 2. The Labute approximate surface area is 89.8 Å². The predicted molar refractivity (Wildman–Crippen MR) is 57.5 cm³/mol. The number of sulfone groups is 1. The highest BCUT2D eigenvalue weighted by atomic mass is 32.2. The molecule has 0 saturated heterocycles. The van der Waals surface area contributed by atoms with Crippen molar-refractivity contribution < 1.29 is 17.9 Å². The Kier molecular flexibility index (Phi) is 3.57. The third-order valence-corrected chi connectivity index (χ3v) is 4.10. The Bertz CT molecular complexity index is 411. The molecule has 1 aromatic rings. The summed E-state index contributed by atoms with van der Waals surface area (Å²) >= 11 is 0. The van der Waals surface area contributed by atoms with Crippen molar-refractivity contribution >= 4 is 9.84 Å². The van der Waals surface area contributed by atoms with Crippen molar-refractivity contribution in [3.05, 3.63) is 23.2 Å². The first kappa shape index (κ1) is 12.3. The molecule has 1 heterocycles. The molecule has 1 rings (SSSR count). The molecule has 0 fully saturated rings. The Balaban J connectivity index is 2.91. The average molecular weight is 232 g/mol. The molecule has 0 amide bonds. The molecule has 5 heteroatoms. The van der Waals surface area contributed by atoms with Crippen LogP contribution in [0.3, 0.4) is 0 Å². The van der Waals surface area contributed by atoms with Crippen LogP contribution in [-0.2, 0) is 9.84 Å². The van der Waals surface area contributed by atoms with Crippen LogP contribution in [0.25, 0.3) is 0 Å². The summed E-state index contributed by atoms with van der Waals surface area (Å²) in [5.74, 6) is 0.372. The van der Waals surface area contributed by atoms with Gasteiger partial charge in [-0.15, -0.1) is 0 Å². The van der Waals surface area contributed by atoms with E-state index in [1.165, 1.54) is 6.26 Å². The lowest BCUT2D eigenvalue weighted by Gasteiger charge is -2.10. The van der Waals surface area contributed by atoms with E-state index in [4.69, 9.17) is 4.42 Å². The van der Waals surface area contributed by atoms with Gasteiger partial charge in [0.25, 0.3) is 0 Å². The van der Waals surface area contributed by atoms with Crippen LogP contribution in [0.1, 0.15) is 29.9 Å². The van der Waals surface area contributed by atoms with E-state index in [-0.39, 0.29) is 11.5 Å². The van der Waals surface area contributed by atoms with Crippen LogP contribution < -0.4 is 0 Å². The largest absolute Gasteiger partial charge is 0.469 e. The number of hydrogen-bond acceptors (Lipinski definition) is 4. The maximum atomic E-state index is 11.3. The molecule has 1 aromatic heterocycles. The molecule has 0 aliphatic carbocycles. The molecule has 0 saturated carbocycles. The van der Waals surface area contributed by atoms with Gasteiger partial charge in [0.2, 0.25) is 0 Å². The molecule has 0 spiro atoms. The first-order valence-corrected chi connectivity index (χ1v) is 6.62. The first-order valence-electron chi connectivity index (χ1n) is 4.80. The molecule has 4 nitrogen and oxygen atoms in total. The summed E-state index contributed by atoms with van der Waals surface area (Å²) in [6, 6.07) is 0. The van der Waals surface area contributed by atoms with E-state index >= 15 is 0 Å². The van der Waals surface area contributed by atoms with Gasteiger partial charge in [0, 0.05) is 11.3 Å². The highest BCUT2D eigenvalue weighted by Gasteiger charge is 2.21. The minimum Gasteiger partial charge on any atom is -0.469 e. The topological polar surface area (TPSA) is 67.5 Å². The fraction of sp³-hybridized carbons (Fsp3) is 0.600. The van der Waals surface area contributed by atoms with Crippen LogP contribution in [0, 0.1) is 13.8 Å². The number of aliphatic hydroxyl groups is 1. The van der Waals surface area contributed by atoms with E-state index < -0.39 is 15.9 Å². The highest BCUT2D eigenvalue weighted by Crippen LogP contribution is 2.24. The maximum Gasteiger partial charge on any atom is 0.152 e. The second kappa shape index (κ2) is 4.37. The van der Waals surface area contributed by atoms with E-state index in [1.54, 1.807) is 20.8 Å². The Morgan fingerprint density at radius 1 is 1.47 bits per heavy atom. The highest BCUT2D eigenvalue weighted by molar-refractivity contribution is 7.91. The van der Waals surface area contributed by atoms with E-state index in [2.05, 4.69) is 0 Å². The number of hydrogen-bond donors (Lipinski definition) is 1. The number of rotatable bonds is 4. The summed E-state index contributed by atoms with van der Waals surface area (Å²) in [5.41, 5.74) is 1.37. The normalized spacial score (nSPS) is 14.1. The summed E-state index contributed by atoms with van der Waals surface area (Å²) in [6.45, 7) is 5.06. The molecule has 0 aliphatic rings. The average Bonchev–Trinajstić information content (AvgIpc) is 2.45. The molecule has 0 aliphatic heterocycles. The van der Waals surface area contributed by atoms with E-state index in [0.29, 0.717) is 11.3 Å². The lowest BCUT2D eigenvalue weighted by molar-refractivity contribution is 0.199. The van der Waals surface area contributed by atoms with Crippen LogP contribution in [0.5, 0.6) is 0 Å². The molecule has 15 heavy (non-hydrogen) atoms. The molecule has 1 unspecified atom stereocenters. The zero-order valence-electron chi connectivity index (χ0n) is 9.15. The van der Waals surface area contributed by atoms with Crippen molar-refractivity contribution in [2.75, 3.05) is 11.5 Å². The number of aliphatic hydroxyl groups excluding tert-OH is 1.